The Hall–Kier alpha value is -2.42. The molecule has 2 fully saturated rings. The van der Waals surface area contributed by atoms with Gasteiger partial charge >= 0.3 is 0 Å². The van der Waals surface area contributed by atoms with Crippen molar-refractivity contribution < 1.29 is 14.3 Å². The van der Waals surface area contributed by atoms with Crippen LogP contribution in [0.1, 0.15) is 31.2 Å². The number of ether oxygens (including phenoxy) is 2. The van der Waals surface area contributed by atoms with E-state index in [-0.39, 0.29) is 30.5 Å². The number of carbonyl (C=O) groups is 1. The van der Waals surface area contributed by atoms with E-state index in [9.17, 15) is 4.79 Å². The molecule has 8 nitrogen and oxygen atoms in total. The summed E-state index contributed by atoms with van der Waals surface area (Å²) >= 11 is 0. The lowest BCUT2D eigenvalue weighted by molar-refractivity contribution is -0.124. The molecule has 0 radical (unpaired) electrons. The van der Waals surface area contributed by atoms with Crippen molar-refractivity contribution in [3.05, 3.63) is 36.2 Å². The smallest absolute Gasteiger partial charge is 0.253 e. The molecule has 3 aliphatic rings. The van der Waals surface area contributed by atoms with Gasteiger partial charge in [-0.1, -0.05) is 0 Å². The zero-order valence-corrected chi connectivity index (χ0v) is 18.2. The van der Waals surface area contributed by atoms with Crippen LogP contribution in [-0.4, -0.2) is 54.3 Å². The van der Waals surface area contributed by atoms with Gasteiger partial charge in [-0.05, 0) is 69.0 Å². The number of fused-ring (bicyclic) bond motifs is 1. The second-order valence-corrected chi connectivity index (χ2v) is 8.02. The normalized spacial score (nSPS) is 20.8. The number of halogens is 1. The molecule has 3 aliphatic heterocycles. The van der Waals surface area contributed by atoms with Crippen LogP contribution in [-0.2, 0) is 16.0 Å². The topological polar surface area (TPSA) is 88.6 Å². The average Bonchev–Trinajstić information content (AvgIpc) is 3.45. The molecule has 9 heteroatoms. The summed E-state index contributed by atoms with van der Waals surface area (Å²) in [6.45, 7) is 3.46. The summed E-state index contributed by atoms with van der Waals surface area (Å²) in [7, 11) is 0. The highest BCUT2D eigenvalue weighted by Gasteiger charge is 2.26. The van der Waals surface area contributed by atoms with Crippen molar-refractivity contribution in [3.8, 4) is 5.88 Å². The van der Waals surface area contributed by atoms with Gasteiger partial charge in [0.2, 0.25) is 5.88 Å². The SMILES string of the molecule is Cl.O=C(Nc1ccc2c(c1)CCN2c1cc(OC2CCNCC2)ncn1)[C@H]1CCCO1. The van der Waals surface area contributed by atoms with E-state index in [0.717, 1.165) is 68.9 Å². The van der Waals surface area contributed by atoms with Crippen LogP contribution >= 0.6 is 12.4 Å². The lowest BCUT2D eigenvalue weighted by Gasteiger charge is -2.24. The Balaban J connectivity index is 0.00000231. The van der Waals surface area contributed by atoms with Crippen LogP contribution in [0.15, 0.2) is 30.6 Å². The van der Waals surface area contributed by atoms with Crippen molar-refractivity contribution in [2.45, 2.75) is 44.3 Å². The Morgan fingerprint density at radius 3 is 2.87 bits per heavy atom. The second kappa shape index (κ2) is 9.80. The molecule has 4 heterocycles. The van der Waals surface area contributed by atoms with Crippen molar-refractivity contribution in [2.24, 2.45) is 0 Å². The van der Waals surface area contributed by atoms with Gasteiger partial charge in [0.1, 0.15) is 24.4 Å². The highest BCUT2D eigenvalue weighted by atomic mass is 35.5. The molecular formula is C22H28ClN5O3. The number of hydrogen-bond acceptors (Lipinski definition) is 7. The molecule has 5 rings (SSSR count). The number of piperidine rings is 1. The lowest BCUT2D eigenvalue weighted by Crippen LogP contribution is -2.34. The van der Waals surface area contributed by atoms with Crippen molar-refractivity contribution in [2.75, 3.05) is 36.5 Å². The van der Waals surface area contributed by atoms with Crippen molar-refractivity contribution in [3.63, 3.8) is 0 Å². The quantitative estimate of drug-likeness (QED) is 0.731. The zero-order chi connectivity index (χ0) is 20.3. The fourth-order valence-electron chi connectivity index (χ4n) is 4.35. The Labute approximate surface area is 188 Å². The Kier molecular flexibility index (Phi) is 6.89. The van der Waals surface area contributed by atoms with E-state index >= 15 is 0 Å². The highest BCUT2D eigenvalue weighted by Crippen LogP contribution is 2.36. The van der Waals surface area contributed by atoms with E-state index in [1.54, 1.807) is 6.33 Å². The monoisotopic (exact) mass is 445 g/mol. The predicted molar refractivity (Wildman–Crippen MR) is 121 cm³/mol. The molecule has 0 spiro atoms. The first kappa shape index (κ1) is 21.8. The predicted octanol–water partition coefficient (Wildman–Crippen LogP) is 2.84. The van der Waals surface area contributed by atoms with E-state index in [1.165, 1.54) is 5.56 Å². The molecule has 2 aromatic rings. The van der Waals surface area contributed by atoms with Gasteiger partial charge in [-0.2, -0.15) is 0 Å². The maximum Gasteiger partial charge on any atom is 0.253 e. The number of amides is 1. The van der Waals surface area contributed by atoms with Crippen molar-refractivity contribution in [1.29, 1.82) is 0 Å². The zero-order valence-electron chi connectivity index (χ0n) is 17.4. The summed E-state index contributed by atoms with van der Waals surface area (Å²) < 4.78 is 11.5. The third kappa shape index (κ3) is 4.92. The molecule has 0 aliphatic carbocycles. The number of carbonyl (C=O) groups excluding carboxylic acids is 1. The number of benzene rings is 1. The van der Waals surface area contributed by atoms with Crippen LogP contribution in [0.25, 0.3) is 0 Å². The fourth-order valence-corrected chi connectivity index (χ4v) is 4.35. The maximum atomic E-state index is 12.3. The summed E-state index contributed by atoms with van der Waals surface area (Å²) in [5, 5.41) is 6.34. The summed E-state index contributed by atoms with van der Waals surface area (Å²) in [5.74, 6) is 1.41. The molecule has 1 aromatic heterocycles. The number of nitrogens with one attached hydrogen (secondary N) is 2. The molecule has 0 bridgehead atoms. The fraction of sp³-hybridized carbons (Fsp3) is 0.500. The summed E-state index contributed by atoms with van der Waals surface area (Å²) in [5.41, 5.74) is 3.12. The molecule has 0 unspecified atom stereocenters. The van der Waals surface area contributed by atoms with E-state index in [2.05, 4.69) is 31.6 Å². The first-order valence-electron chi connectivity index (χ1n) is 10.8. The Bertz CT molecular complexity index is 916. The average molecular weight is 446 g/mol. The Morgan fingerprint density at radius 1 is 1.19 bits per heavy atom. The molecule has 1 aromatic carbocycles. The minimum absolute atomic E-state index is 0. The van der Waals surface area contributed by atoms with Crippen LogP contribution in [0, 0.1) is 0 Å². The lowest BCUT2D eigenvalue weighted by atomic mass is 10.1. The van der Waals surface area contributed by atoms with E-state index in [1.807, 2.05) is 18.2 Å². The van der Waals surface area contributed by atoms with Gasteiger partial charge in [0.15, 0.2) is 0 Å². The highest BCUT2D eigenvalue weighted by molar-refractivity contribution is 5.94. The Morgan fingerprint density at radius 2 is 2.06 bits per heavy atom. The summed E-state index contributed by atoms with van der Waals surface area (Å²) in [6.07, 6.45) is 6.06. The van der Waals surface area contributed by atoms with Gasteiger partial charge in [-0.25, -0.2) is 9.97 Å². The molecule has 2 saturated heterocycles. The van der Waals surface area contributed by atoms with Crippen LogP contribution < -0.4 is 20.3 Å². The molecular weight excluding hydrogens is 418 g/mol. The second-order valence-electron chi connectivity index (χ2n) is 8.02. The minimum Gasteiger partial charge on any atom is -0.474 e. The summed E-state index contributed by atoms with van der Waals surface area (Å²) in [4.78, 5) is 23.3. The first-order valence-corrected chi connectivity index (χ1v) is 10.8. The number of aromatic nitrogens is 2. The molecule has 166 valence electrons. The summed E-state index contributed by atoms with van der Waals surface area (Å²) in [6, 6.07) is 7.96. The first-order chi connectivity index (χ1) is 14.8. The number of anilines is 3. The third-order valence-corrected chi connectivity index (χ3v) is 5.94. The third-order valence-electron chi connectivity index (χ3n) is 5.94. The van der Waals surface area contributed by atoms with Gasteiger partial charge in [-0.3, -0.25) is 4.79 Å². The maximum absolute atomic E-state index is 12.3. The van der Waals surface area contributed by atoms with Gasteiger partial charge in [0.25, 0.3) is 5.91 Å². The molecule has 1 atom stereocenters. The number of rotatable bonds is 5. The van der Waals surface area contributed by atoms with Gasteiger partial charge in [-0.15, -0.1) is 12.4 Å². The van der Waals surface area contributed by atoms with Gasteiger partial charge < -0.3 is 25.0 Å². The van der Waals surface area contributed by atoms with Crippen LogP contribution in [0.5, 0.6) is 5.88 Å². The van der Waals surface area contributed by atoms with E-state index in [0.29, 0.717) is 12.5 Å². The van der Waals surface area contributed by atoms with Gasteiger partial charge in [0, 0.05) is 30.6 Å². The number of hydrogen-bond donors (Lipinski definition) is 2. The molecule has 1 amide bonds. The molecule has 2 N–H and O–H groups in total. The van der Waals surface area contributed by atoms with Crippen molar-refractivity contribution >= 4 is 35.5 Å². The minimum atomic E-state index is -0.325. The number of nitrogens with zero attached hydrogens (tertiary/aromatic N) is 3. The van der Waals surface area contributed by atoms with Crippen molar-refractivity contribution in [1.82, 2.24) is 15.3 Å². The largest absolute Gasteiger partial charge is 0.474 e. The standard InChI is InChI=1S/C22H27N5O3.ClH/c28-22(19-2-1-11-29-19)26-16-3-4-18-15(12-16)7-10-27(18)20-13-21(25-14-24-20)30-17-5-8-23-9-6-17;/h3-4,12-14,17,19,23H,1-2,5-11H2,(H,26,28);1H/t19-;/m1./s1. The van der Waals surface area contributed by atoms with E-state index in [4.69, 9.17) is 9.47 Å². The van der Waals surface area contributed by atoms with Crippen LogP contribution in [0.2, 0.25) is 0 Å². The van der Waals surface area contributed by atoms with Crippen LogP contribution in [0.4, 0.5) is 17.2 Å². The molecule has 0 saturated carbocycles. The molecule has 31 heavy (non-hydrogen) atoms. The van der Waals surface area contributed by atoms with E-state index < -0.39 is 0 Å². The van der Waals surface area contributed by atoms with Crippen LogP contribution in [0.3, 0.4) is 0 Å². The van der Waals surface area contributed by atoms with Gasteiger partial charge in [0.05, 0.1) is 0 Å².